The van der Waals surface area contributed by atoms with Gasteiger partial charge in [-0.1, -0.05) is 27.2 Å². The van der Waals surface area contributed by atoms with Gasteiger partial charge in [-0.15, -0.1) is 0 Å². The van der Waals surface area contributed by atoms with E-state index in [2.05, 4.69) is 37.9 Å². The van der Waals surface area contributed by atoms with Gasteiger partial charge in [0, 0.05) is 6.04 Å². The highest BCUT2D eigenvalue weighted by molar-refractivity contribution is 5.78. The maximum atomic E-state index is 11.6. The average molecular weight is 214 g/mol. The van der Waals surface area contributed by atoms with Crippen LogP contribution in [0.5, 0.6) is 0 Å². The van der Waals surface area contributed by atoms with E-state index in [0.29, 0.717) is 12.5 Å². The SMILES string of the molecule is CCCCN(C)CC(=O)NC(C)C(C)C. The van der Waals surface area contributed by atoms with Crippen molar-refractivity contribution in [3.05, 3.63) is 0 Å². The van der Waals surface area contributed by atoms with Crippen LogP contribution in [0.1, 0.15) is 40.5 Å². The number of carbonyl (C=O) groups is 1. The molecule has 0 bridgehead atoms. The van der Waals surface area contributed by atoms with Crippen molar-refractivity contribution in [2.75, 3.05) is 20.1 Å². The Morgan fingerprint density at radius 3 is 2.40 bits per heavy atom. The Morgan fingerprint density at radius 2 is 1.93 bits per heavy atom. The number of nitrogens with zero attached hydrogens (tertiary/aromatic N) is 1. The number of hydrogen-bond donors (Lipinski definition) is 1. The average Bonchev–Trinajstić information content (AvgIpc) is 2.14. The molecule has 0 heterocycles. The van der Waals surface area contributed by atoms with Gasteiger partial charge in [0.1, 0.15) is 0 Å². The van der Waals surface area contributed by atoms with E-state index < -0.39 is 0 Å². The van der Waals surface area contributed by atoms with Crippen LogP contribution in [-0.2, 0) is 4.79 Å². The maximum Gasteiger partial charge on any atom is 0.234 e. The first kappa shape index (κ1) is 14.4. The van der Waals surface area contributed by atoms with Crippen LogP contribution in [0, 0.1) is 5.92 Å². The normalized spacial score (nSPS) is 13.3. The van der Waals surface area contributed by atoms with Crippen LogP contribution in [0.3, 0.4) is 0 Å². The summed E-state index contributed by atoms with van der Waals surface area (Å²) in [5.74, 6) is 0.629. The van der Waals surface area contributed by atoms with Crippen molar-refractivity contribution in [1.82, 2.24) is 10.2 Å². The summed E-state index contributed by atoms with van der Waals surface area (Å²) in [6, 6.07) is 0.261. The predicted molar refractivity (Wildman–Crippen MR) is 64.8 cm³/mol. The zero-order valence-electron chi connectivity index (χ0n) is 10.8. The molecule has 1 amide bonds. The molecule has 0 radical (unpaired) electrons. The molecule has 3 heteroatoms. The van der Waals surface area contributed by atoms with Crippen molar-refractivity contribution in [2.45, 2.75) is 46.6 Å². The molecule has 0 aliphatic carbocycles. The molecule has 0 spiro atoms. The first-order valence-electron chi connectivity index (χ1n) is 5.95. The van der Waals surface area contributed by atoms with Gasteiger partial charge in [0.05, 0.1) is 6.54 Å². The number of hydrogen-bond acceptors (Lipinski definition) is 2. The molecule has 0 aromatic rings. The van der Waals surface area contributed by atoms with E-state index in [-0.39, 0.29) is 11.9 Å². The summed E-state index contributed by atoms with van der Waals surface area (Å²) in [7, 11) is 2.00. The fourth-order valence-electron chi connectivity index (χ4n) is 1.22. The third-order valence-electron chi connectivity index (χ3n) is 2.70. The molecule has 1 atom stereocenters. The summed E-state index contributed by atoms with van der Waals surface area (Å²) in [4.78, 5) is 13.7. The summed E-state index contributed by atoms with van der Waals surface area (Å²) in [6.07, 6.45) is 2.33. The Labute approximate surface area is 94.2 Å². The number of likely N-dealkylation sites (N-methyl/N-ethyl adjacent to an activating group) is 1. The minimum absolute atomic E-state index is 0.134. The van der Waals surface area contributed by atoms with Crippen molar-refractivity contribution in [3.8, 4) is 0 Å². The second-order valence-corrected chi connectivity index (χ2v) is 4.69. The molecule has 1 unspecified atom stereocenters. The molecule has 0 fully saturated rings. The van der Waals surface area contributed by atoms with Gasteiger partial charge in [-0.3, -0.25) is 9.69 Å². The molecule has 0 aliphatic rings. The molecule has 0 aromatic carbocycles. The molecular weight excluding hydrogens is 188 g/mol. The van der Waals surface area contributed by atoms with E-state index in [0.717, 1.165) is 13.0 Å². The van der Waals surface area contributed by atoms with Crippen LogP contribution < -0.4 is 5.32 Å². The van der Waals surface area contributed by atoms with Crippen molar-refractivity contribution in [2.24, 2.45) is 5.92 Å². The van der Waals surface area contributed by atoms with Gasteiger partial charge in [0.25, 0.3) is 0 Å². The lowest BCUT2D eigenvalue weighted by molar-refractivity contribution is -0.122. The number of nitrogens with one attached hydrogen (secondary N) is 1. The molecule has 15 heavy (non-hydrogen) atoms. The summed E-state index contributed by atoms with van der Waals surface area (Å²) in [5, 5.41) is 3.01. The Hall–Kier alpha value is -0.570. The monoisotopic (exact) mass is 214 g/mol. The van der Waals surface area contributed by atoms with Crippen LogP contribution in [0.4, 0.5) is 0 Å². The topological polar surface area (TPSA) is 32.3 Å². The summed E-state index contributed by atoms with van der Waals surface area (Å²) >= 11 is 0. The molecule has 3 nitrogen and oxygen atoms in total. The van der Waals surface area contributed by atoms with E-state index in [1.54, 1.807) is 0 Å². The third kappa shape index (κ3) is 7.37. The molecular formula is C12H26N2O. The minimum atomic E-state index is 0.134. The van der Waals surface area contributed by atoms with Crippen molar-refractivity contribution in [1.29, 1.82) is 0 Å². The number of amides is 1. The van der Waals surface area contributed by atoms with Gasteiger partial charge >= 0.3 is 0 Å². The Balaban J connectivity index is 3.73. The van der Waals surface area contributed by atoms with Crippen LogP contribution in [0.2, 0.25) is 0 Å². The molecule has 0 aromatic heterocycles. The van der Waals surface area contributed by atoms with Crippen LogP contribution in [0.25, 0.3) is 0 Å². The molecule has 0 rings (SSSR count). The summed E-state index contributed by atoms with van der Waals surface area (Å²) in [6.45, 7) is 9.96. The van der Waals surface area contributed by atoms with Crippen LogP contribution >= 0.6 is 0 Å². The maximum absolute atomic E-state index is 11.6. The standard InChI is InChI=1S/C12H26N2O/c1-6-7-8-14(5)9-12(15)13-11(4)10(2)3/h10-11H,6-9H2,1-5H3,(H,13,15). The van der Waals surface area contributed by atoms with Crippen molar-refractivity contribution in [3.63, 3.8) is 0 Å². The first-order valence-corrected chi connectivity index (χ1v) is 5.95. The second-order valence-electron chi connectivity index (χ2n) is 4.69. The van der Waals surface area contributed by atoms with Gasteiger partial charge in [-0.2, -0.15) is 0 Å². The number of carbonyl (C=O) groups excluding carboxylic acids is 1. The van der Waals surface area contributed by atoms with Crippen molar-refractivity contribution < 1.29 is 4.79 Å². The van der Waals surface area contributed by atoms with E-state index in [9.17, 15) is 4.79 Å². The first-order chi connectivity index (χ1) is 6.97. The van der Waals surface area contributed by atoms with Crippen LogP contribution in [-0.4, -0.2) is 37.0 Å². The highest BCUT2D eigenvalue weighted by atomic mass is 16.2. The molecule has 90 valence electrons. The zero-order valence-corrected chi connectivity index (χ0v) is 10.8. The van der Waals surface area contributed by atoms with E-state index in [1.807, 2.05) is 7.05 Å². The second kappa shape index (κ2) is 7.69. The van der Waals surface area contributed by atoms with Gasteiger partial charge < -0.3 is 5.32 Å². The predicted octanol–water partition coefficient (Wildman–Crippen LogP) is 1.88. The lowest BCUT2D eigenvalue weighted by Gasteiger charge is -2.20. The lowest BCUT2D eigenvalue weighted by atomic mass is 10.1. The third-order valence-corrected chi connectivity index (χ3v) is 2.70. The quantitative estimate of drug-likeness (QED) is 0.702. The van der Waals surface area contributed by atoms with Gasteiger partial charge in [-0.05, 0) is 32.9 Å². The van der Waals surface area contributed by atoms with E-state index in [1.165, 1.54) is 6.42 Å². The number of unbranched alkanes of at least 4 members (excludes halogenated alkanes) is 1. The highest BCUT2D eigenvalue weighted by Crippen LogP contribution is 1.99. The van der Waals surface area contributed by atoms with E-state index in [4.69, 9.17) is 0 Å². The van der Waals surface area contributed by atoms with Gasteiger partial charge in [0.15, 0.2) is 0 Å². The van der Waals surface area contributed by atoms with Gasteiger partial charge in [-0.25, -0.2) is 0 Å². The van der Waals surface area contributed by atoms with Crippen molar-refractivity contribution >= 4 is 5.91 Å². The fraction of sp³-hybridized carbons (Fsp3) is 0.917. The highest BCUT2D eigenvalue weighted by Gasteiger charge is 2.11. The smallest absolute Gasteiger partial charge is 0.234 e. The zero-order chi connectivity index (χ0) is 11.8. The molecule has 0 saturated heterocycles. The Morgan fingerprint density at radius 1 is 1.33 bits per heavy atom. The summed E-state index contributed by atoms with van der Waals surface area (Å²) in [5.41, 5.74) is 0. The molecule has 0 aliphatic heterocycles. The Bertz CT molecular complexity index is 180. The Kier molecular flexibility index (Phi) is 7.39. The number of rotatable bonds is 7. The molecule has 1 N–H and O–H groups in total. The lowest BCUT2D eigenvalue weighted by Crippen LogP contribution is -2.42. The van der Waals surface area contributed by atoms with Gasteiger partial charge in [0.2, 0.25) is 5.91 Å². The van der Waals surface area contributed by atoms with E-state index >= 15 is 0 Å². The largest absolute Gasteiger partial charge is 0.352 e. The molecule has 0 saturated carbocycles. The van der Waals surface area contributed by atoms with Crippen LogP contribution in [0.15, 0.2) is 0 Å². The fourth-order valence-corrected chi connectivity index (χ4v) is 1.22. The minimum Gasteiger partial charge on any atom is -0.352 e. The summed E-state index contributed by atoms with van der Waals surface area (Å²) < 4.78 is 0.